The van der Waals surface area contributed by atoms with Crippen molar-refractivity contribution in [3.8, 4) is 11.5 Å². The van der Waals surface area contributed by atoms with Gasteiger partial charge >= 0.3 is 0 Å². The lowest BCUT2D eigenvalue weighted by molar-refractivity contribution is 0.482. The Bertz CT molecular complexity index is 752. The quantitative estimate of drug-likeness (QED) is 0.759. The second-order valence-electron chi connectivity index (χ2n) is 5.05. The number of hydrogen-bond donors (Lipinski definition) is 2. The van der Waals surface area contributed by atoms with Gasteiger partial charge in [-0.25, -0.2) is 13.1 Å². The molecule has 2 aromatic carbocycles. The van der Waals surface area contributed by atoms with Crippen LogP contribution >= 0.6 is 24.0 Å². The number of sulfonamides is 1. The minimum atomic E-state index is -3.53. The zero-order valence-corrected chi connectivity index (χ0v) is 15.7. The maximum Gasteiger partial charge on any atom is 0.240 e. The monoisotopic (exact) mass is 390 g/mol. The zero-order valence-electron chi connectivity index (χ0n) is 13.3. The summed E-state index contributed by atoms with van der Waals surface area (Å²) >= 11 is 6.03. The molecule has 132 valence electrons. The highest BCUT2D eigenvalue weighted by atomic mass is 35.5. The number of rotatable bonds is 7. The molecule has 0 fully saturated rings. The Kier molecular flexibility index (Phi) is 7.99. The van der Waals surface area contributed by atoms with Crippen LogP contribution < -0.4 is 14.8 Å². The van der Waals surface area contributed by atoms with Crippen LogP contribution in [0, 0.1) is 0 Å². The lowest BCUT2D eigenvalue weighted by atomic mass is 10.3. The van der Waals surface area contributed by atoms with Gasteiger partial charge in [0.15, 0.2) is 0 Å². The van der Waals surface area contributed by atoms with Crippen LogP contribution in [-0.4, -0.2) is 28.1 Å². The standard InChI is InChI=1S/C16H19ClN2O3S.ClH/c1-12(18-2)11-19-23(20,21)14-9-7-13(8-10-14)22-16-6-4-3-5-15(16)17;/h3-10,12,18-19H,11H2,1-2H3;1H. The summed E-state index contributed by atoms with van der Waals surface area (Å²) in [5.74, 6) is 1.03. The van der Waals surface area contributed by atoms with Crippen LogP contribution in [0.1, 0.15) is 6.92 Å². The van der Waals surface area contributed by atoms with Gasteiger partial charge in [0.05, 0.1) is 9.92 Å². The van der Waals surface area contributed by atoms with Crippen molar-refractivity contribution in [2.75, 3.05) is 13.6 Å². The summed E-state index contributed by atoms with van der Waals surface area (Å²) in [5.41, 5.74) is 0. The van der Waals surface area contributed by atoms with E-state index in [4.69, 9.17) is 16.3 Å². The minimum absolute atomic E-state index is 0. The first-order valence-electron chi connectivity index (χ1n) is 7.12. The molecule has 2 rings (SSSR count). The Hall–Kier alpha value is -1.31. The highest BCUT2D eigenvalue weighted by Gasteiger charge is 2.15. The Balaban J connectivity index is 0.00000288. The van der Waals surface area contributed by atoms with Crippen molar-refractivity contribution < 1.29 is 13.2 Å². The summed E-state index contributed by atoms with van der Waals surface area (Å²) < 4.78 is 32.5. The molecule has 0 aromatic heterocycles. The molecule has 0 spiro atoms. The van der Waals surface area contributed by atoms with Crippen LogP contribution in [0.25, 0.3) is 0 Å². The minimum Gasteiger partial charge on any atom is -0.456 e. The fourth-order valence-corrected chi connectivity index (χ4v) is 3.07. The molecule has 2 aromatic rings. The first-order chi connectivity index (χ1) is 10.9. The van der Waals surface area contributed by atoms with Crippen molar-refractivity contribution in [1.82, 2.24) is 10.0 Å². The average Bonchev–Trinajstić information content (AvgIpc) is 2.55. The predicted molar refractivity (Wildman–Crippen MR) is 98.9 cm³/mol. The van der Waals surface area contributed by atoms with E-state index in [9.17, 15) is 8.42 Å². The smallest absolute Gasteiger partial charge is 0.240 e. The van der Waals surface area contributed by atoms with Crippen LogP contribution in [0.2, 0.25) is 5.02 Å². The lowest BCUT2D eigenvalue weighted by Crippen LogP contribution is -2.37. The molecular weight excluding hydrogens is 371 g/mol. The molecular formula is C16H20Cl2N2O3S. The number of benzene rings is 2. The second-order valence-corrected chi connectivity index (χ2v) is 7.22. The Labute approximate surface area is 153 Å². The molecule has 2 N–H and O–H groups in total. The summed E-state index contributed by atoms with van der Waals surface area (Å²) in [7, 11) is -1.76. The van der Waals surface area contributed by atoms with E-state index in [1.54, 1.807) is 31.3 Å². The highest BCUT2D eigenvalue weighted by molar-refractivity contribution is 7.89. The number of hydrogen-bond acceptors (Lipinski definition) is 4. The van der Waals surface area contributed by atoms with Crippen molar-refractivity contribution in [2.45, 2.75) is 17.9 Å². The molecule has 8 heteroatoms. The van der Waals surface area contributed by atoms with Gasteiger partial charge in [-0.05, 0) is 50.4 Å². The Morgan fingerprint density at radius 2 is 1.75 bits per heavy atom. The van der Waals surface area contributed by atoms with Gasteiger partial charge in [0.2, 0.25) is 10.0 Å². The van der Waals surface area contributed by atoms with E-state index in [2.05, 4.69) is 10.0 Å². The molecule has 0 aliphatic carbocycles. The van der Waals surface area contributed by atoms with Crippen molar-refractivity contribution in [3.63, 3.8) is 0 Å². The fraction of sp³-hybridized carbons (Fsp3) is 0.250. The van der Waals surface area contributed by atoms with Crippen LogP contribution in [0.3, 0.4) is 0 Å². The van der Waals surface area contributed by atoms with Gasteiger partial charge in [-0.3, -0.25) is 0 Å². The van der Waals surface area contributed by atoms with Gasteiger partial charge < -0.3 is 10.1 Å². The number of ether oxygens (including phenoxy) is 1. The second kappa shape index (κ2) is 9.25. The normalized spacial score (nSPS) is 12.3. The number of halogens is 2. The van der Waals surface area contributed by atoms with E-state index in [0.717, 1.165) is 0 Å². The molecule has 0 radical (unpaired) electrons. The van der Waals surface area contributed by atoms with Crippen molar-refractivity contribution in [2.24, 2.45) is 0 Å². The lowest BCUT2D eigenvalue weighted by Gasteiger charge is -2.12. The molecule has 0 saturated carbocycles. The first-order valence-corrected chi connectivity index (χ1v) is 8.98. The molecule has 0 bridgehead atoms. The molecule has 1 unspecified atom stereocenters. The molecule has 0 heterocycles. The van der Waals surface area contributed by atoms with Gasteiger partial charge in [-0.2, -0.15) is 0 Å². The van der Waals surface area contributed by atoms with Crippen molar-refractivity contribution in [3.05, 3.63) is 53.6 Å². The maximum absolute atomic E-state index is 12.2. The molecule has 0 aliphatic rings. The summed E-state index contributed by atoms with van der Waals surface area (Å²) in [6, 6.07) is 13.3. The van der Waals surface area contributed by atoms with E-state index >= 15 is 0 Å². The van der Waals surface area contributed by atoms with Gasteiger partial charge in [-0.15, -0.1) is 12.4 Å². The van der Waals surface area contributed by atoms with Crippen LogP contribution in [0.15, 0.2) is 53.4 Å². The third-order valence-electron chi connectivity index (χ3n) is 3.27. The van der Waals surface area contributed by atoms with Crippen LogP contribution in [-0.2, 0) is 10.0 Å². The summed E-state index contributed by atoms with van der Waals surface area (Å²) in [6.45, 7) is 2.21. The maximum atomic E-state index is 12.2. The zero-order chi connectivity index (χ0) is 16.9. The topological polar surface area (TPSA) is 67.4 Å². The van der Waals surface area contributed by atoms with E-state index in [0.29, 0.717) is 23.1 Å². The molecule has 24 heavy (non-hydrogen) atoms. The fourth-order valence-electron chi connectivity index (χ4n) is 1.76. The highest BCUT2D eigenvalue weighted by Crippen LogP contribution is 2.29. The molecule has 5 nitrogen and oxygen atoms in total. The van der Waals surface area contributed by atoms with E-state index < -0.39 is 10.0 Å². The molecule has 0 amide bonds. The van der Waals surface area contributed by atoms with Crippen LogP contribution in [0.5, 0.6) is 11.5 Å². The predicted octanol–water partition coefficient (Wildman–Crippen LogP) is 3.44. The van der Waals surface area contributed by atoms with Gasteiger partial charge in [0.1, 0.15) is 11.5 Å². The third kappa shape index (κ3) is 5.65. The van der Waals surface area contributed by atoms with E-state index in [1.807, 2.05) is 19.1 Å². The van der Waals surface area contributed by atoms with E-state index in [1.165, 1.54) is 12.1 Å². The molecule has 0 aliphatic heterocycles. The number of nitrogens with one attached hydrogen (secondary N) is 2. The number of para-hydroxylation sites is 1. The Morgan fingerprint density at radius 3 is 2.33 bits per heavy atom. The van der Waals surface area contributed by atoms with E-state index in [-0.39, 0.29) is 23.3 Å². The Morgan fingerprint density at radius 1 is 1.12 bits per heavy atom. The van der Waals surface area contributed by atoms with Crippen molar-refractivity contribution >= 4 is 34.0 Å². The largest absolute Gasteiger partial charge is 0.456 e. The SMILES string of the molecule is CNC(C)CNS(=O)(=O)c1ccc(Oc2ccccc2Cl)cc1.Cl. The summed E-state index contributed by atoms with van der Waals surface area (Å²) in [6.07, 6.45) is 0. The summed E-state index contributed by atoms with van der Waals surface area (Å²) in [4.78, 5) is 0.187. The third-order valence-corrected chi connectivity index (χ3v) is 5.02. The number of likely N-dealkylation sites (N-methyl/N-ethyl adjacent to an activating group) is 1. The van der Waals surface area contributed by atoms with Gasteiger partial charge in [-0.1, -0.05) is 23.7 Å². The first kappa shape index (κ1) is 20.7. The molecule has 0 saturated heterocycles. The molecule has 1 atom stereocenters. The average molecular weight is 391 g/mol. The summed E-state index contributed by atoms with van der Waals surface area (Å²) in [5, 5.41) is 3.46. The van der Waals surface area contributed by atoms with Gasteiger partial charge in [0, 0.05) is 12.6 Å². The van der Waals surface area contributed by atoms with Crippen molar-refractivity contribution in [1.29, 1.82) is 0 Å². The van der Waals surface area contributed by atoms with Crippen LogP contribution in [0.4, 0.5) is 0 Å². The van der Waals surface area contributed by atoms with Gasteiger partial charge in [0.25, 0.3) is 0 Å².